The number of nitrogens with one attached hydrogen (secondary N) is 1. The molecule has 1 radical (unpaired) electrons. The average Bonchev–Trinajstić information content (AvgIpc) is 2.14. The molecule has 0 aromatic carbocycles. The van der Waals surface area contributed by atoms with Crippen molar-refractivity contribution in [1.82, 2.24) is 9.97 Å². The van der Waals surface area contributed by atoms with Crippen LogP contribution in [0, 0.1) is 0 Å². The number of aromatic nitrogens is 2. The maximum absolute atomic E-state index is 3.82. The van der Waals surface area contributed by atoms with Crippen LogP contribution in [0.15, 0.2) is 17.6 Å². The van der Waals surface area contributed by atoms with Crippen LogP contribution in [0.25, 0.3) is 0 Å². The van der Waals surface area contributed by atoms with Gasteiger partial charge in [-0.1, -0.05) is 0 Å². The van der Waals surface area contributed by atoms with E-state index in [-0.39, 0.29) is 18.6 Å². The van der Waals surface area contributed by atoms with Crippen molar-refractivity contribution >= 4 is 11.8 Å². The van der Waals surface area contributed by atoms with Crippen LogP contribution in [-0.2, 0) is 18.6 Å². The Morgan fingerprint density at radius 1 is 1.75 bits per heavy atom. The van der Waals surface area contributed by atoms with Crippen molar-refractivity contribution in [3.63, 3.8) is 0 Å². The Morgan fingerprint density at radius 3 is 2.75 bits per heavy atom. The van der Waals surface area contributed by atoms with Crippen LogP contribution in [0.5, 0.6) is 0 Å². The third-order valence-electron chi connectivity index (χ3n) is 0.693. The Hall–Kier alpha value is 0.144. The molecule has 0 unspecified atom stereocenters. The molecular formula is C4H6N2SV. The van der Waals surface area contributed by atoms with Gasteiger partial charge < -0.3 is 4.98 Å². The van der Waals surface area contributed by atoms with E-state index >= 15 is 0 Å². The van der Waals surface area contributed by atoms with E-state index in [1.54, 1.807) is 24.3 Å². The molecule has 1 heterocycles. The van der Waals surface area contributed by atoms with E-state index in [1.165, 1.54) is 0 Å². The van der Waals surface area contributed by atoms with Crippen molar-refractivity contribution in [2.45, 2.75) is 5.03 Å². The standard InChI is InChI=1S/C4H6N2S.V/c1-7-4-2-5-3-6-4;/h2-3H,1H3,(H,5,6);. The van der Waals surface area contributed by atoms with E-state index < -0.39 is 0 Å². The van der Waals surface area contributed by atoms with Gasteiger partial charge in [0.25, 0.3) is 0 Å². The molecule has 0 fully saturated rings. The molecule has 0 bridgehead atoms. The summed E-state index contributed by atoms with van der Waals surface area (Å²) in [4.78, 5) is 6.76. The average molecular weight is 165 g/mol. The predicted octanol–water partition coefficient (Wildman–Crippen LogP) is 1.13. The molecule has 43 valence electrons. The van der Waals surface area contributed by atoms with Gasteiger partial charge in [-0.25, -0.2) is 4.98 Å². The molecule has 1 N–H and O–H groups in total. The fourth-order valence-electron chi connectivity index (χ4n) is 0.355. The van der Waals surface area contributed by atoms with Crippen LogP contribution in [0.3, 0.4) is 0 Å². The zero-order valence-corrected chi connectivity index (χ0v) is 6.67. The number of aromatic amines is 1. The van der Waals surface area contributed by atoms with Crippen LogP contribution in [0.4, 0.5) is 0 Å². The Bertz CT molecular complexity index is 129. The minimum Gasteiger partial charge on any atom is -0.340 e. The molecule has 0 saturated heterocycles. The van der Waals surface area contributed by atoms with E-state index in [1.807, 2.05) is 6.26 Å². The Kier molecular flexibility index (Phi) is 4.14. The van der Waals surface area contributed by atoms with Crippen LogP contribution < -0.4 is 0 Å². The fraction of sp³-hybridized carbons (Fsp3) is 0.250. The second kappa shape index (κ2) is 4.07. The van der Waals surface area contributed by atoms with Gasteiger partial charge in [0.15, 0.2) is 0 Å². The molecule has 1 rings (SSSR count). The zero-order valence-electron chi connectivity index (χ0n) is 4.46. The maximum atomic E-state index is 3.82. The third-order valence-corrected chi connectivity index (χ3v) is 1.36. The monoisotopic (exact) mass is 165 g/mol. The topological polar surface area (TPSA) is 28.7 Å². The van der Waals surface area contributed by atoms with Crippen molar-refractivity contribution in [1.29, 1.82) is 0 Å². The molecule has 4 heteroatoms. The smallest absolute Gasteiger partial charge is 0.0928 e. The Morgan fingerprint density at radius 2 is 2.50 bits per heavy atom. The van der Waals surface area contributed by atoms with Gasteiger partial charge in [0.05, 0.1) is 17.6 Å². The van der Waals surface area contributed by atoms with Crippen molar-refractivity contribution in [2.24, 2.45) is 0 Å². The SMILES string of the molecule is CSc1cnc[nH]1.[V]. The first-order valence-corrected chi connectivity index (χ1v) is 3.18. The Balaban J connectivity index is 0.000000490. The van der Waals surface area contributed by atoms with Gasteiger partial charge in [-0.15, -0.1) is 11.8 Å². The number of hydrogen-bond donors (Lipinski definition) is 1. The molecule has 8 heavy (non-hydrogen) atoms. The van der Waals surface area contributed by atoms with Gasteiger partial charge in [0.1, 0.15) is 0 Å². The van der Waals surface area contributed by atoms with Crippen LogP contribution >= 0.6 is 11.8 Å². The van der Waals surface area contributed by atoms with Gasteiger partial charge in [0, 0.05) is 18.6 Å². The van der Waals surface area contributed by atoms with Crippen molar-refractivity contribution in [3.05, 3.63) is 12.5 Å². The largest absolute Gasteiger partial charge is 0.340 e. The van der Waals surface area contributed by atoms with Gasteiger partial charge in [0.2, 0.25) is 0 Å². The molecule has 1 aromatic heterocycles. The molecule has 0 aliphatic carbocycles. The number of H-pyrrole nitrogens is 1. The molecule has 0 aliphatic heterocycles. The second-order valence-electron chi connectivity index (χ2n) is 1.12. The summed E-state index contributed by atoms with van der Waals surface area (Å²) in [6.45, 7) is 0. The molecule has 2 nitrogen and oxygen atoms in total. The molecule has 0 amide bonds. The minimum absolute atomic E-state index is 0. The van der Waals surface area contributed by atoms with E-state index in [0.29, 0.717) is 0 Å². The van der Waals surface area contributed by atoms with E-state index in [4.69, 9.17) is 0 Å². The van der Waals surface area contributed by atoms with E-state index in [9.17, 15) is 0 Å². The first kappa shape index (κ1) is 8.14. The Labute approximate surface area is 64.4 Å². The van der Waals surface area contributed by atoms with Gasteiger partial charge in [-0.2, -0.15) is 0 Å². The maximum Gasteiger partial charge on any atom is 0.0928 e. The van der Waals surface area contributed by atoms with E-state index in [2.05, 4.69) is 9.97 Å². The van der Waals surface area contributed by atoms with Crippen molar-refractivity contribution < 1.29 is 18.6 Å². The summed E-state index contributed by atoms with van der Waals surface area (Å²) in [5, 5.41) is 1.11. The second-order valence-corrected chi connectivity index (χ2v) is 1.97. The molecule has 1 aromatic rings. The predicted molar refractivity (Wildman–Crippen MR) is 30.4 cm³/mol. The van der Waals surface area contributed by atoms with Crippen LogP contribution in [-0.4, -0.2) is 16.2 Å². The van der Waals surface area contributed by atoms with Gasteiger partial charge in [-0.05, 0) is 6.26 Å². The molecular weight excluding hydrogens is 159 g/mol. The first-order chi connectivity index (χ1) is 3.43. The summed E-state index contributed by atoms with van der Waals surface area (Å²) in [5.74, 6) is 0. The normalized spacial score (nSPS) is 8.12. The quantitative estimate of drug-likeness (QED) is 0.632. The first-order valence-electron chi connectivity index (χ1n) is 1.96. The molecule has 0 saturated carbocycles. The minimum atomic E-state index is 0. The summed E-state index contributed by atoms with van der Waals surface area (Å²) >= 11 is 1.66. The molecule has 0 atom stereocenters. The molecule has 0 aliphatic rings. The van der Waals surface area contributed by atoms with E-state index in [0.717, 1.165) is 5.03 Å². The number of rotatable bonds is 1. The van der Waals surface area contributed by atoms with Crippen molar-refractivity contribution in [3.8, 4) is 0 Å². The number of hydrogen-bond acceptors (Lipinski definition) is 2. The fourth-order valence-corrected chi connectivity index (χ4v) is 0.692. The number of thioether (sulfide) groups is 1. The summed E-state index contributed by atoms with van der Waals surface area (Å²) in [7, 11) is 0. The summed E-state index contributed by atoms with van der Waals surface area (Å²) in [6.07, 6.45) is 5.48. The number of nitrogens with zero attached hydrogens (tertiary/aromatic N) is 1. The van der Waals surface area contributed by atoms with Crippen molar-refractivity contribution in [2.75, 3.05) is 6.26 Å². The van der Waals surface area contributed by atoms with Gasteiger partial charge in [-0.3, -0.25) is 0 Å². The van der Waals surface area contributed by atoms with Crippen LogP contribution in [0.1, 0.15) is 0 Å². The summed E-state index contributed by atoms with van der Waals surface area (Å²) in [6, 6.07) is 0. The number of imidazole rings is 1. The zero-order chi connectivity index (χ0) is 5.11. The van der Waals surface area contributed by atoms with Crippen LogP contribution in [0.2, 0.25) is 0 Å². The van der Waals surface area contributed by atoms with Gasteiger partial charge >= 0.3 is 0 Å². The summed E-state index contributed by atoms with van der Waals surface area (Å²) in [5.41, 5.74) is 0. The third kappa shape index (κ3) is 1.94. The molecule has 0 spiro atoms. The summed E-state index contributed by atoms with van der Waals surface area (Å²) < 4.78 is 0.